The molecule has 4 rings (SSSR count). The largest absolute Gasteiger partial charge is 0.298 e. The van der Waals surface area contributed by atoms with Gasteiger partial charge in [-0.2, -0.15) is 5.26 Å². The number of fused-ring (bicyclic) bond motifs is 3. The van der Waals surface area contributed by atoms with Gasteiger partial charge in [0, 0.05) is 16.0 Å². The predicted octanol–water partition coefficient (Wildman–Crippen LogP) is 4.22. The SMILES string of the molecule is N#CCN(C(=O)CSc1ncnc2sc3c(c12)CCCC3)c1ccccc1. The van der Waals surface area contributed by atoms with Crippen molar-refractivity contribution in [2.45, 2.75) is 30.7 Å². The topological polar surface area (TPSA) is 69.9 Å². The van der Waals surface area contributed by atoms with Crippen LogP contribution in [0.4, 0.5) is 5.69 Å². The van der Waals surface area contributed by atoms with E-state index in [0.717, 1.165) is 33.8 Å². The first kappa shape index (κ1) is 18.0. The van der Waals surface area contributed by atoms with Gasteiger partial charge in [0.25, 0.3) is 0 Å². The molecule has 0 N–H and O–H groups in total. The van der Waals surface area contributed by atoms with Crippen molar-refractivity contribution in [3.05, 3.63) is 47.1 Å². The van der Waals surface area contributed by atoms with Gasteiger partial charge in [0.1, 0.15) is 22.7 Å². The monoisotopic (exact) mass is 394 g/mol. The number of amides is 1. The van der Waals surface area contributed by atoms with Crippen molar-refractivity contribution >= 4 is 44.9 Å². The quantitative estimate of drug-likeness (QED) is 0.368. The summed E-state index contributed by atoms with van der Waals surface area (Å²) in [7, 11) is 0. The van der Waals surface area contributed by atoms with Gasteiger partial charge in [-0.1, -0.05) is 30.0 Å². The van der Waals surface area contributed by atoms with Crippen molar-refractivity contribution in [1.29, 1.82) is 5.26 Å². The fourth-order valence-electron chi connectivity index (χ4n) is 3.38. The molecular weight excluding hydrogens is 376 g/mol. The minimum Gasteiger partial charge on any atom is -0.298 e. The molecule has 0 unspecified atom stereocenters. The molecule has 5 nitrogen and oxygen atoms in total. The molecule has 0 spiro atoms. The third-order valence-electron chi connectivity index (χ3n) is 4.65. The molecule has 2 heterocycles. The van der Waals surface area contributed by atoms with E-state index in [2.05, 4.69) is 16.0 Å². The maximum atomic E-state index is 12.8. The van der Waals surface area contributed by atoms with Crippen LogP contribution in [0.2, 0.25) is 0 Å². The molecule has 1 aromatic carbocycles. The van der Waals surface area contributed by atoms with E-state index in [1.54, 1.807) is 17.7 Å². The van der Waals surface area contributed by atoms with Crippen LogP contribution in [0.3, 0.4) is 0 Å². The van der Waals surface area contributed by atoms with Crippen molar-refractivity contribution in [2.24, 2.45) is 0 Å². The number of nitriles is 1. The number of thiophene rings is 1. The summed E-state index contributed by atoms with van der Waals surface area (Å²) in [5.41, 5.74) is 2.11. The minimum absolute atomic E-state index is 0.0381. The van der Waals surface area contributed by atoms with E-state index in [-0.39, 0.29) is 18.2 Å². The Labute approximate surface area is 166 Å². The number of aromatic nitrogens is 2. The highest BCUT2D eigenvalue weighted by Gasteiger charge is 2.21. The summed E-state index contributed by atoms with van der Waals surface area (Å²) in [6.07, 6.45) is 6.19. The molecule has 1 aliphatic carbocycles. The van der Waals surface area contributed by atoms with Crippen molar-refractivity contribution in [3.8, 4) is 6.07 Å². The minimum atomic E-state index is -0.0939. The molecule has 27 heavy (non-hydrogen) atoms. The van der Waals surface area contributed by atoms with Crippen LogP contribution in [-0.2, 0) is 17.6 Å². The normalized spacial score (nSPS) is 13.1. The molecule has 3 aromatic rings. The van der Waals surface area contributed by atoms with E-state index in [1.807, 2.05) is 30.3 Å². The molecule has 1 amide bonds. The molecule has 0 saturated carbocycles. The van der Waals surface area contributed by atoms with Crippen molar-refractivity contribution in [1.82, 2.24) is 9.97 Å². The highest BCUT2D eigenvalue weighted by Crippen LogP contribution is 2.39. The zero-order chi connectivity index (χ0) is 18.6. The molecule has 7 heteroatoms. The van der Waals surface area contributed by atoms with E-state index >= 15 is 0 Å². The van der Waals surface area contributed by atoms with Crippen LogP contribution in [0, 0.1) is 11.3 Å². The summed E-state index contributed by atoms with van der Waals surface area (Å²) in [5.74, 6) is 0.149. The maximum Gasteiger partial charge on any atom is 0.238 e. The highest BCUT2D eigenvalue weighted by atomic mass is 32.2. The Bertz CT molecular complexity index is 1010. The lowest BCUT2D eigenvalue weighted by molar-refractivity contribution is -0.116. The lowest BCUT2D eigenvalue weighted by Gasteiger charge is -2.19. The van der Waals surface area contributed by atoms with Crippen molar-refractivity contribution in [2.75, 3.05) is 17.2 Å². The average Bonchev–Trinajstić information content (AvgIpc) is 3.10. The second-order valence-electron chi connectivity index (χ2n) is 6.33. The van der Waals surface area contributed by atoms with Crippen LogP contribution in [0.15, 0.2) is 41.7 Å². The molecule has 2 aromatic heterocycles. The van der Waals surface area contributed by atoms with Gasteiger partial charge in [0.05, 0.1) is 11.8 Å². The number of benzene rings is 1. The number of thioether (sulfide) groups is 1. The summed E-state index contributed by atoms with van der Waals surface area (Å²) in [6, 6.07) is 11.4. The molecule has 0 bridgehead atoms. The number of aryl methyl sites for hydroxylation is 2. The molecule has 1 aliphatic rings. The van der Waals surface area contributed by atoms with E-state index in [9.17, 15) is 4.79 Å². The predicted molar refractivity (Wildman–Crippen MR) is 109 cm³/mol. The first-order valence-electron chi connectivity index (χ1n) is 8.88. The average molecular weight is 395 g/mol. The molecule has 136 valence electrons. The van der Waals surface area contributed by atoms with Crippen LogP contribution in [0.5, 0.6) is 0 Å². The molecule has 0 fully saturated rings. The van der Waals surface area contributed by atoms with Gasteiger partial charge in [0.2, 0.25) is 5.91 Å². The lowest BCUT2D eigenvalue weighted by Crippen LogP contribution is -2.32. The van der Waals surface area contributed by atoms with Crippen LogP contribution in [0.25, 0.3) is 10.2 Å². The lowest BCUT2D eigenvalue weighted by atomic mass is 9.97. The smallest absolute Gasteiger partial charge is 0.238 e. The zero-order valence-corrected chi connectivity index (χ0v) is 16.4. The van der Waals surface area contributed by atoms with Gasteiger partial charge in [-0.3, -0.25) is 9.69 Å². The Morgan fingerprint density at radius 3 is 2.85 bits per heavy atom. The summed E-state index contributed by atoms with van der Waals surface area (Å²) in [6.45, 7) is 0.0381. The van der Waals surface area contributed by atoms with E-state index in [0.29, 0.717) is 0 Å². The summed E-state index contributed by atoms with van der Waals surface area (Å²) in [4.78, 5) is 25.6. The molecule has 0 saturated heterocycles. The number of para-hydroxylation sites is 1. The Morgan fingerprint density at radius 2 is 2.04 bits per heavy atom. The third kappa shape index (κ3) is 3.68. The van der Waals surface area contributed by atoms with Crippen LogP contribution < -0.4 is 4.90 Å². The maximum absolute atomic E-state index is 12.8. The van der Waals surface area contributed by atoms with E-state index in [1.165, 1.54) is 39.9 Å². The first-order valence-corrected chi connectivity index (χ1v) is 10.7. The number of hydrogen-bond acceptors (Lipinski definition) is 6. The first-order chi connectivity index (χ1) is 13.3. The number of carbonyl (C=O) groups excluding carboxylic acids is 1. The van der Waals surface area contributed by atoms with Gasteiger partial charge in [-0.25, -0.2) is 9.97 Å². The number of rotatable bonds is 5. The van der Waals surface area contributed by atoms with Crippen LogP contribution in [0.1, 0.15) is 23.3 Å². The number of hydrogen-bond donors (Lipinski definition) is 0. The van der Waals surface area contributed by atoms with Gasteiger partial charge < -0.3 is 0 Å². The Morgan fingerprint density at radius 1 is 1.22 bits per heavy atom. The van der Waals surface area contributed by atoms with Gasteiger partial charge in [0.15, 0.2) is 0 Å². The number of nitrogens with zero attached hydrogens (tertiary/aromatic N) is 4. The standard InChI is InChI=1S/C20H18N4OS2/c21-10-11-24(14-6-2-1-3-7-14)17(25)12-26-19-18-15-8-4-5-9-16(15)27-20(18)23-13-22-19/h1-3,6-7,13H,4-5,8-9,11-12H2. The summed E-state index contributed by atoms with van der Waals surface area (Å²) >= 11 is 3.20. The van der Waals surface area contributed by atoms with Crippen LogP contribution >= 0.6 is 23.1 Å². The molecule has 0 aliphatic heterocycles. The van der Waals surface area contributed by atoms with Gasteiger partial charge in [-0.15, -0.1) is 11.3 Å². The summed E-state index contributed by atoms with van der Waals surface area (Å²) in [5, 5.41) is 11.1. The Hall–Kier alpha value is -2.43. The summed E-state index contributed by atoms with van der Waals surface area (Å²) < 4.78 is 0. The third-order valence-corrected chi connectivity index (χ3v) is 6.82. The molecule has 0 radical (unpaired) electrons. The van der Waals surface area contributed by atoms with Gasteiger partial charge in [-0.05, 0) is 43.4 Å². The number of carbonyl (C=O) groups is 1. The van der Waals surface area contributed by atoms with E-state index in [4.69, 9.17) is 5.26 Å². The fourth-order valence-corrected chi connectivity index (χ4v) is 5.58. The van der Waals surface area contributed by atoms with Crippen molar-refractivity contribution < 1.29 is 4.79 Å². The highest BCUT2D eigenvalue weighted by molar-refractivity contribution is 8.00. The van der Waals surface area contributed by atoms with Crippen molar-refractivity contribution in [3.63, 3.8) is 0 Å². The van der Waals surface area contributed by atoms with Gasteiger partial charge >= 0.3 is 0 Å². The molecular formula is C20H18N4OS2. The molecule has 0 atom stereocenters. The second-order valence-corrected chi connectivity index (χ2v) is 8.38. The van der Waals surface area contributed by atoms with E-state index < -0.39 is 0 Å². The fraction of sp³-hybridized carbons (Fsp3) is 0.300. The zero-order valence-electron chi connectivity index (χ0n) is 14.7. The van der Waals surface area contributed by atoms with Crippen LogP contribution in [-0.4, -0.2) is 28.2 Å². The number of anilines is 1. The Balaban J connectivity index is 1.57. The second kappa shape index (κ2) is 8.07. The Kier molecular flexibility index (Phi) is 5.37.